The third-order valence-corrected chi connectivity index (χ3v) is 3.01. The van der Waals surface area contributed by atoms with Crippen LogP contribution < -0.4 is 10.1 Å². The quantitative estimate of drug-likeness (QED) is 0.902. The Bertz CT molecular complexity index is 642. The molecule has 0 fully saturated rings. The van der Waals surface area contributed by atoms with Crippen LogP contribution in [0.15, 0.2) is 30.5 Å². The fraction of sp³-hybridized carbons (Fsp3) is 0.143. The van der Waals surface area contributed by atoms with Gasteiger partial charge in [0.15, 0.2) is 0 Å². The molecule has 0 unspecified atom stereocenters. The van der Waals surface area contributed by atoms with E-state index < -0.39 is 5.97 Å². The van der Waals surface area contributed by atoms with Crippen molar-refractivity contribution in [1.82, 2.24) is 4.98 Å². The molecule has 0 atom stereocenters. The lowest BCUT2D eigenvalue weighted by Crippen LogP contribution is -2.02. The Kier molecular flexibility index (Phi) is 4.10. The predicted molar refractivity (Wildman–Crippen MR) is 77.2 cm³/mol. The minimum atomic E-state index is -1.09. The number of methoxy groups -OCH3 is 1. The molecule has 104 valence electrons. The van der Waals surface area contributed by atoms with Gasteiger partial charge in [0.2, 0.25) is 0 Å². The van der Waals surface area contributed by atoms with Crippen LogP contribution in [0, 0.1) is 6.92 Å². The second kappa shape index (κ2) is 5.79. The fourth-order valence-electron chi connectivity index (χ4n) is 1.66. The molecule has 2 aromatic rings. The number of anilines is 2. The zero-order valence-corrected chi connectivity index (χ0v) is 11.7. The van der Waals surface area contributed by atoms with Crippen LogP contribution >= 0.6 is 11.6 Å². The highest BCUT2D eigenvalue weighted by molar-refractivity contribution is 6.33. The number of carboxylic acids is 1. The highest BCUT2D eigenvalue weighted by Gasteiger charge is 2.15. The number of nitrogens with zero attached hydrogens (tertiary/aromatic N) is 1. The second-order valence-corrected chi connectivity index (χ2v) is 4.59. The zero-order valence-electron chi connectivity index (χ0n) is 11.0. The number of aromatic nitrogens is 1. The summed E-state index contributed by atoms with van der Waals surface area (Å²) in [5, 5.41) is 12.4. The largest absolute Gasteiger partial charge is 0.496 e. The third kappa shape index (κ3) is 3.00. The van der Waals surface area contributed by atoms with Gasteiger partial charge in [-0.3, -0.25) is 0 Å². The molecule has 0 saturated heterocycles. The summed E-state index contributed by atoms with van der Waals surface area (Å²) in [6.07, 6.45) is 1.72. The molecule has 0 radical (unpaired) electrons. The summed E-state index contributed by atoms with van der Waals surface area (Å²) < 4.78 is 5.06. The molecule has 20 heavy (non-hydrogen) atoms. The maximum atomic E-state index is 11.1. The first-order valence-electron chi connectivity index (χ1n) is 5.81. The molecule has 6 heteroatoms. The average Bonchev–Trinajstić information content (AvgIpc) is 2.42. The van der Waals surface area contributed by atoms with E-state index in [0.29, 0.717) is 11.5 Å². The van der Waals surface area contributed by atoms with Gasteiger partial charge in [-0.25, -0.2) is 9.78 Å². The van der Waals surface area contributed by atoms with Crippen LogP contribution in [0.2, 0.25) is 5.02 Å². The maximum absolute atomic E-state index is 11.1. The lowest BCUT2D eigenvalue weighted by atomic mass is 10.1. The van der Waals surface area contributed by atoms with E-state index in [0.717, 1.165) is 5.56 Å². The van der Waals surface area contributed by atoms with Gasteiger partial charge in [0.1, 0.15) is 17.1 Å². The highest BCUT2D eigenvalue weighted by atomic mass is 35.5. The molecule has 0 aliphatic rings. The number of carbonyl (C=O) groups is 1. The number of halogens is 1. The van der Waals surface area contributed by atoms with Gasteiger partial charge in [-0.05, 0) is 24.6 Å². The summed E-state index contributed by atoms with van der Waals surface area (Å²) in [6.45, 7) is 1.94. The second-order valence-electron chi connectivity index (χ2n) is 4.18. The Morgan fingerprint density at radius 2 is 2.15 bits per heavy atom. The van der Waals surface area contributed by atoms with Crippen molar-refractivity contribution in [3.63, 3.8) is 0 Å². The van der Waals surface area contributed by atoms with Crippen LogP contribution in [0.25, 0.3) is 0 Å². The molecule has 1 aromatic heterocycles. The summed E-state index contributed by atoms with van der Waals surface area (Å²) in [5.41, 5.74) is 1.59. The van der Waals surface area contributed by atoms with E-state index in [-0.39, 0.29) is 16.3 Å². The van der Waals surface area contributed by atoms with E-state index in [2.05, 4.69) is 10.3 Å². The van der Waals surface area contributed by atoms with E-state index in [4.69, 9.17) is 21.4 Å². The van der Waals surface area contributed by atoms with Gasteiger partial charge < -0.3 is 15.2 Å². The average molecular weight is 293 g/mol. The van der Waals surface area contributed by atoms with E-state index in [1.165, 1.54) is 19.2 Å². The fourth-order valence-corrected chi connectivity index (χ4v) is 1.88. The van der Waals surface area contributed by atoms with Crippen molar-refractivity contribution < 1.29 is 14.6 Å². The van der Waals surface area contributed by atoms with E-state index >= 15 is 0 Å². The number of ether oxygens (including phenoxy) is 1. The molecule has 0 aliphatic heterocycles. The molecule has 0 spiro atoms. The molecule has 0 aliphatic carbocycles. The van der Waals surface area contributed by atoms with Gasteiger partial charge in [-0.1, -0.05) is 17.7 Å². The van der Waals surface area contributed by atoms with Crippen molar-refractivity contribution in [2.45, 2.75) is 6.92 Å². The van der Waals surface area contributed by atoms with Crippen LogP contribution in [0.1, 0.15) is 15.9 Å². The first-order valence-corrected chi connectivity index (χ1v) is 6.19. The van der Waals surface area contributed by atoms with Crippen LogP contribution in [-0.2, 0) is 0 Å². The number of aryl methyl sites for hydroxylation is 1. The number of hydrogen-bond acceptors (Lipinski definition) is 4. The first-order chi connectivity index (χ1) is 9.51. The molecule has 1 heterocycles. The molecular formula is C14H13ClN2O3. The first kappa shape index (κ1) is 14.1. The van der Waals surface area contributed by atoms with Crippen molar-refractivity contribution in [3.05, 3.63) is 46.6 Å². The van der Waals surface area contributed by atoms with E-state index in [9.17, 15) is 4.79 Å². The predicted octanol–water partition coefficient (Wildman–Crippen LogP) is 3.49. The van der Waals surface area contributed by atoms with Crippen LogP contribution in [0.3, 0.4) is 0 Å². The van der Waals surface area contributed by atoms with Crippen molar-refractivity contribution >= 4 is 29.1 Å². The Morgan fingerprint density at radius 1 is 1.40 bits per heavy atom. The normalized spacial score (nSPS) is 10.2. The van der Waals surface area contributed by atoms with Gasteiger partial charge in [-0.15, -0.1) is 0 Å². The number of rotatable bonds is 4. The number of pyridine rings is 1. The third-order valence-electron chi connectivity index (χ3n) is 2.69. The van der Waals surface area contributed by atoms with Crippen LogP contribution in [-0.4, -0.2) is 23.2 Å². The summed E-state index contributed by atoms with van der Waals surface area (Å²) in [4.78, 5) is 15.3. The lowest BCUT2D eigenvalue weighted by molar-refractivity contribution is 0.0693. The molecule has 0 saturated carbocycles. The molecule has 0 amide bonds. The summed E-state index contributed by atoms with van der Waals surface area (Å²) in [5.74, 6) is -0.247. The maximum Gasteiger partial charge on any atom is 0.339 e. The highest BCUT2D eigenvalue weighted by Crippen LogP contribution is 2.32. The van der Waals surface area contributed by atoms with Gasteiger partial charge in [0, 0.05) is 12.3 Å². The topological polar surface area (TPSA) is 71.5 Å². The molecule has 1 aromatic carbocycles. The van der Waals surface area contributed by atoms with Gasteiger partial charge in [-0.2, -0.15) is 0 Å². The summed E-state index contributed by atoms with van der Waals surface area (Å²) in [6, 6.07) is 6.60. The summed E-state index contributed by atoms with van der Waals surface area (Å²) >= 11 is 6.07. The molecule has 2 rings (SSSR count). The lowest BCUT2D eigenvalue weighted by Gasteiger charge is -2.12. The van der Waals surface area contributed by atoms with E-state index in [1.54, 1.807) is 6.20 Å². The minimum Gasteiger partial charge on any atom is -0.496 e. The number of carboxylic acid groups (broad SMARTS) is 1. The molecule has 5 nitrogen and oxygen atoms in total. The smallest absolute Gasteiger partial charge is 0.339 e. The number of aromatic carboxylic acids is 1. The standard InChI is InChI=1S/C14H13ClN2O3/c1-8-3-4-13(16-7-8)17-11-6-12(20-2)9(14(18)19)5-10(11)15/h3-7H,1-2H3,(H,16,17)(H,18,19). The Morgan fingerprint density at radius 3 is 2.70 bits per heavy atom. The number of hydrogen-bond donors (Lipinski definition) is 2. The molecule has 0 bridgehead atoms. The van der Waals surface area contributed by atoms with Gasteiger partial charge in [0.05, 0.1) is 17.8 Å². The number of nitrogens with one attached hydrogen (secondary N) is 1. The van der Waals surface area contributed by atoms with Crippen molar-refractivity contribution in [2.24, 2.45) is 0 Å². The van der Waals surface area contributed by atoms with Crippen LogP contribution in [0.4, 0.5) is 11.5 Å². The minimum absolute atomic E-state index is 0.0138. The van der Waals surface area contributed by atoms with Crippen molar-refractivity contribution in [3.8, 4) is 5.75 Å². The van der Waals surface area contributed by atoms with Crippen molar-refractivity contribution in [1.29, 1.82) is 0 Å². The summed E-state index contributed by atoms with van der Waals surface area (Å²) in [7, 11) is 1.41. The van der Waals surface area contributed by atoms with Crippen LogP contribution in [0.5, 0.6) is 5.75 Å². The monoisotopic (exact) mass is 292 g/mol. The van der Waals surface area contributed by atoms with E-state index in [1.807, 2.05) is 19.1 Å². The van der Waals surface area contributed by atoms with Gasteiger partial charge in [0.25, 0.3) is 0 Å². The van der Waals surface area contributed by atoms with Gasteiger partial charge >= 0.3 is 5.97 Å². The number of benzene rings is 1. The zero-order chi connectivity index (χ0) is 14.7. The molecular weight excluding hydrogens is 280 g/mol. The molecule has 2 N–H and O–H groups in total. The SMILES string of the molecule is COc1cc(Nc2ccc(C)cn2)c(Cl)cc1C(=O)O. The van der Waals surface area contributed by atoms with Crippen molar-refractivity contribution in [2.75, 3.05) is 12.4 Å². The Labute approximate surface area is 121 Å². The Hall–Kier alpha value is -2.27. The Balaban J connectivity index is 2.37.